The van der Waals surface area contributed by atoms with Crippen molar-refractivity contribution in [3.05, 3.63) is 64.9 Å². The number of hydrogen-bond donors (Lipinski definition) is 2. The van der Waals surface area contributed by atoms with Gasteiger partial charge in [0.15, 0.2) is 0 Å². The van der Waals surface area contributed by atoms with Gasteiger partial charge in [0.05, 0.1) is 6.42 Å². The molecule has 0 aliphatic rings. The number of carbonyl (C=O) groups is 2. The lowest BCUT2D eigenvalue weighted by molar-refractivity contribution is -0.129. The van der Waals surface area contributed by atoms with E-state index in [1.165, 1.54) is 0 Å². The van der Waals surface area contributed by atoms with Crippen molar-refractivity contribution in [1.82, 2.24) is 15.6 Å². The Balaban J connectivity index is 1.91. The van der Waals surface area contributed by atoms with Crippen molar-refractivity contribution in [2.24, 2.45) is 5.92 Å². The minimum Gasteiger partial charge on any atom is -0.350 e. The summed E-state index contributed by atoms with van der Waals surface area (Å²) in [6.45, 7) is 4.18. The van der Waals surface area contributed by atoms with Crippen LogP contribution < -0.4 is 10.6 Å². The van der Waals surface area contributed by atoms with E-state index in [0.717, 1.165) is 11.1 Å². The molecule has 25 heavy (non-hydrogen) atoms. The van der Waals surface area contributed by atoms with Gasteiger partial charge in [-0.3, -0.25) is 14.6 Å². The topological polar surface area (TPSA) is 71.1 Å². The van der Waals surface area contributed by atoms with Crippen molar-refractivity contribution in [1.29, 1.82) is 0 Å². The Morgan fingerprint density at radius 3 is 2.44 bits per heavy atom. The Bertz CT molecular complexity index is 702. The first kappa shape index (κ1) is 18.9. The molecule has 0 bridgehead atoms. The molecule has 5 nitrogen and oxygen atoms in total. The van der Waals surface area contributed by atoms with E-state index in [-0.39, 0.29) is 24.2 Å². The number of nitrogens with one attached hydrogen (secondary N) is 2. The minimum absolute atomic E-state index is 0.0249. The molecule has 0 aliphatic carbocycles. The van der Waals surface area contributed by atoms with Gasteiger partial charge in [0.25, 0.3) is 0 Å². The third-order valence-electron chi connectivity index (χ3n) is 3.73. The number of halogens is 1. The van der Waals surface area contributed by atoms with Gasteiger partial charge in [-0.05, 0) is 35.2 Å². The normalized spacial score (nSPS) is 11.8. The fourth-order valence-electron chi connectivity index (χ4n) is 2.35. The molecule has 1 heterocycles. The molecule has 6 heteroatoms. The number of hydrogen-bond acceptors (Lipinski definition) is 3. The average Bonchev–Trinajstić information content (AvgIpc) is 2.60. The highest BCUT2D eigenvalue weighted by molar-refractivity contribution is 6.30. The minimum atomic E-state index is -0.587. The molecule has 0 spiro atoms. The maximum absolute atomic E-state index is 12.4. The van der Waals surface area contributed by atoms with Gasteiger partial charge in [-0.15, -0.1) is 0 Å². The van der Waals surface area contributed by atoms with Gasteiger partial charge in [-0.25, -0.2) is 0 Å². The molecule has 0 aliphatic heterocycles. The molecule has 0 unspecified atom stereocenters. The SMILES string of the molecule is CC(C)[C@@H](NC(=O)Cc1ccc(Cl)cc1)C(=O)NCc1cccnc1. The summed E-state index contributed by atoms with van der Waals surface area (Å²) in [4.78, 5) is 28.7. The quantitative estimate of drug-likeness (QED) is 0.798. The van der Waals surface area contributed by atoms with Crippen LogP contribution in [0.2, 0.25) is 5.02 Å². The van der Waals surface area contributed by atoms with Crippen molar-refractivity contribution in [2.45, 2.75) is 32.9 Å². The second kappa shape index (κ2) is 9.18. The largest absolute Gasteiger partial charge is 0.350 e. The van der Waals surface area contributed by atoms with Crippen LogP contribution in [0.25, 0.3) is 0 Å². The van der Waals surface area contributed by atoms with Crippen LogP contribution in [-0.4, -0.2) is 22.8 Å². The maximum atomic E-state index is 12.4. The molecule has 1 aromatic carbocycles. The number of pyridine rings is 1. The summed E-state index contributed by atoms with van der Waals surface area (Å²) in [6, 6.07) is 10.2. The van der Waals surface area contributed by atoms with Crippen molar-refractivity contribution in [3.8, 4) is 0 Å². The Hall–Kier alpha value is -2.40. The molecular formula is C19H22ClN3O2. The standard InChI is InChI=1S/C19H22ClN3O2/c1-13(2)18(19(25)22-12-15-4-3-9-21-11-15)23-17(24)10-14-5-7-16(20)8-6-14/h3-9,11,13,18H,10,12H2,1-2H3,(H,22,25)(H,23,24)/t18-/m1/s1. The van der Waals surface area contributed by atoms with Gasteiger partial charge in [0.2, 0.25) is 11.8 Å². The van der Waals surface area contributed by atoms with Crippen LogP contribution in [0.15, 0.2) is 48.8 Å². The predicted molar refractivity (Wildman–Crippen MR) is 98.0 cm³/mol. The summed E-state index contributed by atoms with van der Waals surface area (Å²) in [6.07, 6.45) is 3.58. The molecule has 0 radical (unpaired) electrons. The van der Waals surface area contributed by atoms with Crippen molar-refractivity contribution < 1.29 is 9.59 Å². The van der Waals surface area contributed by atoms with E-state index in [4.69, 9.17) is 11.6 Å². The predicted octanol–water partition coefficient (Wildman–Crippen LogP) is 2.73. The van der Waals surface area contributed by atoms with E-state index in [9.17, 15) is 9.59 Å². The highest BCUT2D eigenvalue weighted by Gasteiger charge is 2.23. The monoisotopic (exact) mass is 359 g/mol. The molecule has 2 amide bonds. The van der Waals surface area contributed by atoms with E-state index < -0.39 is 6.04 Å². The van der Waals surface area contributed by atoms with E-state index in [1.54, 1.807) is 36.7 Å². The maximum Gasteiger partial charge on any atom is 0.243 e. The zero-order chi connectivity index (χ0) is 18.2. The van der Waals surface area contributed by atoms with Crippen molar-refractivity contribution in [3.63, 3.8) is 0 Å². The molecule has 0 fully saturated rings. The highest BCUT2D eigenvalue weighted by Crippen LogP contribution is 2.10. The number of benzene rings is 1. The smallest absolute Gasteiger partial charge is 0.243 e. The number of amides is 2. The second-order valence-electron chi connectivity index (χ2n) is 6.17. The molecule has 132 valence electrons. The number of carbonyl (C=O) groups excluding carboxylic acids is 2. The first-order valence-electron chi connectivity index (χ1n) is 8.16. The summed E-state index contributed by atoms with van der Waals surface area (Å²) in [5, 5.41) is 6.29. The Labute approximate surface area is 152 Å². The first-order valence-corrected chi connectivity index (χ1v) is 8.54. The molecule has 1 atom stereocenters. The lowest BCUT2D eigenvalue weighted by atomic mass is 10.0. The molecule has 0 saturated carbocycles. The van der Waals surface area contributed by atoms with Crippen molar-refractivity contribution in [2.75, 3.05) is 0 Å². The average molecular weight is 360 g/mol. The van der Waals surface area contributed by atoms with Crippen LogP contribution in [0.5, 0.6) is 0 Å². The number of aromatic nitrogens is 1. The van der Waals surface area contributed by atoms with Gasteiger partial charge < -0.3 is 10.6 Å². The van der Waals surface area contributed by atoms with Gasteiger partial charge in [-0.1, -0.05) is 43.6 Å². The highest BCUT2D eigenvalue weighted by atomic mass is 35.5. The summed E-state index contributed by atoms with van der Waals surface area (Å²) in [7, 11) is 0. The molecular weight excluding hydrogens is 338 g/mol. The van der Waals surface area contributed by atoms with Gasteiger partial charge in [0.1, 0.15) is 6.04 Å². The van der Waals surface area contributed by atoms with Gasteiger partial charge in [0, 0.05) is 24.0 Å². The summed E-state index contributed by atoms with van der Waals surface area (Å²) < 4.78 is 0. The molecule has 2 N–H and O–H groups in total. The Morgan fingerprint density at radius 2 is 1.84 bits per heavy atom. The van der Waals surface area contributed by atoms with Crippen molar-refractivity contribution >= 4 is 23.4 Å². The van der Waals surface area contributed by atoms with Crippen LogP contribution >= 0.6 is 11.6 Å². The Kier molecular flexibility index (Phi) is 6.95. The summed E-state index contributed by atoms with van der Waals surface area (Å²) in [5.74, 6) is -0.427. The molecule has 2 aromatic rings. The fraction of sp³-hybridized carbons (Fsp3) is 0.316. The Morgan fingerprint density at radius 1 is 1.12 bits per heavy atom. The summed E-state index contributed by atoms with van der Waals surface area (Å²) in [5.41, 5.74) is 1.76. The number of nitrogens with zero attached hydrogens (tertiary/aromatic N) is 1. The number of rotatable bonds is 7. The lowest BCUT2D eigenvalue weighted by Gasteiger charge is -2.21. The molecule has 1 aromatic heterocycles. The van der Waals surface area contributed by atoms with Gasteiger partial charge in [-0.2, -0.15) is 0 Å². The van der Waals surface area contributed by atoms with Gasteiger partial charge >= 0.3 is 0 Å². The molecule has 2 rings (SSSR count). The fourth-order valence-corrected chi connectivity index (χ4v) is 2.47. The van der Waals surface area contributed by atoms with Crippen LogP contribution in [0, 0.1) is 5.92 Å². The third-order valence-corrected chi connectivity index (χ3v) is 3.99. The third kappa shape index (κ3) is 6.19. The molecule has 0 saturated heterocycles. The van der Waals surface area contributed by atoms with Crippen LogP contribution in [-0.2, 0) is 22.6 Å². The second-order valence-corrected chi connectivity index (χ2v) is 6.61. The van der Waals surface area contributed by atoms with Crippen LogP contribution in [0.1, 0.15) is 25.0 Å². The van der Waals surface area contributed by atoms with Crippen LogP contribution in [0.4, 0.5) is 0 Å². The van der Waals surface area contributed by atoms with Crippen LogP contribution in [0.3, 0.4) is 0 Å². The lowest BCUT2D eigenvalue weighted by Crippen LogP contribution is -2.49. The van der Waals surface area contributed by atoms with E-state index in [0.29, 0.717) is 11.6 Å². The zero-order valence-electron chi connectivity index (χ0n) is 14.3. The first-order chi connectivity index (χ1) is 12.0. The van der Waals surface area contributed by atoms with E-state index in [2.05, 4.69) is 15.6 Å². The summed E-state index contributed by atoms with van der Waals surface area (Å²) >= 11 is 5.84. The van der Waals surface area contributed by atoms with E-state index in [1.807, 2.05) is 26.0 Å². The zero-order valence-corrected chi connectivity index (χ0v) is 15.1. The van der Waals surface area contributed by atoms with E-state index >= 15 is 0 Å².